The minimum atomic E-state index is -0.647. The van der Waals surface area contributed by atoms with E-state index in [1.165, 1.54) is 18.7 Å². The van der Waals surface area contributed by atoms with Crippen molar-refractivity contribution in [3.8, 4) is 17.0 Å². The number of aryl methyl sites for hydroxylation is 1. The Hall–Kier alpha value is -3.94. The second-order valence-corrected chi connectivity index (χ2v) is 6.62. The lowest BCUT2D eigenvalue weighted by molar-refractivity contribution is 0.306. The number of rotatable bonds is 4. The maximum absolute atomic E-state index is 12.8. The van der Waals surface area contributed by atoms with Crippen molar-refractivity contribution < 1.29 is 4.74 Å². The van der Waals surface area contributed by atoms with Crippen LogP contribution in [0.2, 0.25) is 0 Å². The van der Waals surface area contributed by atoms with Gasteiger partial charge in [-0.05, 0) is 17.7 Å². The fourth-order valence-electron chi connectivity index (χ4n) is 3.18. The molecule has 0 unspecified atom stereocenters. The van der Waals surface area contributed by atoms with E-state index < -0.39 is 16.9 Å². The molecule has 8 heteroatoms. The number of hydrogen-bond acceptors (Lipinski definition) is 5. The SMILES string of the molecule is Cn1c(=O)c2c(-c3cccc(OCc4ccccc4)c3)[nH]c(=O)nc2n(C)c1=O. The highest BCUT2D eigenvalue weighted by Crippen LogP contribution is 2.25. The summed E-state index contributed by atoms with van der Waals surface area (Å²) in [5, 5.41) is 0.161. The van der Waals surface area contributed by atoms with Crippen molar-refractivity contribution in [2.45, 2.75) is 6.61 Å². The van der Waals surface area contributed by atoms with E-state index in [1.807, 2.05) is 30.3 Å². The first-order chi connectivity index (χ1) is 14.0. The van der Waals surface area contributed by atoms with E-state index in [2.05, 4.69) is 9.97 Å². The molecule has 4 rings (SSSR count). The standard InChI is InChI=1S/C21H18N4O4/c1-24-18-16(19(26)25(2)21(24)28)17(22-20(27)23-18)14-9-6-10-15(11-14)29-12-13-7-4-3-5-8-13/h3-11H,12H2,1-2H3,(H,22,23,27). The number of nitrogens with zero attached hydrogens (tertiary/aromatic N) is 3. The summed E-state index contributed by atoms with van der Waals surface area (Å²) in [6.07, 6.45) is 0. The predicted molar refractivity (Wildman–Crippen MR) is 109 cm³/mol. The first kappa shape index (κ1) is 18.4. The fraction of sp³-hybridized carbons (Fsp3) is 0.143. The summed E-state index contributed by atoms with van der Waals surface area (Å²) in [5.74, 6) is 0.582. The number of fused-ring (bicyclic) bond motifs is 1. The van der Waals surface area contributed by atoms with Crippen LogP contribution in [0.3, 0.4) is 0 Å². The van der Waals surface area contributed by atoms with Crippen molar-refractivity contribution in [3.05, 3.63) is 91.5 Å². The zero-order chi connectivity index (χ0) is 20.5. The quantitative estimate of drug-likeness (QED) is 0.570. The van der Waals surface area contributed by atoms with Gasteiger partial charge in [-0.1, -0.05) is 42.5 Å². The molecule has 0 atom stereocenters. The van der Waals surface area contributed by atoms with Crippen LogP contribution < -0.4 is 21.7 Å². The Morgan fingerprint density at radius 2 is 1.72 bits per heavy atom. The summed E-state index contributed by atoms with van der Waals surface area (Å²) >= 11 is 0. The molecule has 0 aliphatic carbocycles. The summed E-state index contributed by atoms with van der Waals surface area (Å²) in [5.41, 5.74) is 0.199. The molecule has 2 aromatic heterocycles. The number of hydrogen-bond donors (Lipinski definition) is 1. The van der Waals surface area contributed by atoms with Crippen LogP contribution in [0.25, 0.3) is 22.3 Å². The van der Waals surface area contributed by atoms with Crippen molar-refractivity contribution >= 4 is 11.0 Å². The van der Waals surface area contributed by atoms with E-state index in [4.69, 9.17) is 4.74 Å². The number of aromatic nitrogens is 4. The van der Waals surface area contributed by atoms with Gasteiger partial charge in [0.1, 0.15) is 17.7 Å². The van der Waals surface area contributed by atoms with Gasteiger partial charge >= 0.3 is 11.4 Å². The number of ether oxygens (including phenoxy) is 1. The monoisotopic (exact) mass is 390 g/mol. The molecule has 0 aliphatic heterocycles. The molecule has 4 aromatic rings. The molecule has 0 saturated heterocycles. The van der Waals surface area contributed by atoms with Gasteiger partial charge in [0.05, 0.1) is 5.69 Å². The van der Waals surface area contributed by atoms with Crippen LogP contribution in [0.15, 0.2) is 69.0 Å². The van der Waals surface area contributed by atoms with E-state index >= 15 is 0 Å². The zero-order valence-corrected chi connectivity index (χ0v) is 15.9. The van der Waals surface area contributed by atoms with Crippen LogP contribution in [0, 0.1) is 0 Å². The van der Waals surface area contributed by atoms with E-state index in [9.17, 15) is 14.4 Å². The largest absolute Gasteiger partial charge is 0.489 e. The Morgan fingerprint density at radius 3 is 2.48 bits per heavy atom. The average molecular weight is 390 g/mol. The Labute approximate surface area is 164 Å². The Morgan fingerprint density at radius 1 is 0.966 bits per heavy atom. The molecule has 0 radical (unpaired) electrons. The molecule has 0 saturated carbocycles. The third kappa shape index (κ3) is 3.36. The third-order valence-corrected chi connectivity index (χ3v) is 4.69. The first-order valence-corrected chi connectivity index (χ1v) is 8.93. The molecule has 2 aromatic carbocycles. The molecule has 0 amide bonds. The molecule has 0 bridgehead atoms. The van der Waals surface area contributed by atoms with Gasteiger partial charge in [0.25, 0.3) is 5.56 Å². The maximum atomic E-state index is 12.8. The zero-order valence-electron chi connectivity index (χ0n) is 15.9. The molecule has 0 spiro atoms. The van der Waals surface area contributed by atoms with E-state index in [0.29, 0.717) is 23.6 Å². The molecule has 0 aliphatic rings. The number of benzene rings is 2. The number of H-pyrrole nitrogens is 1. The summed E-state index contributed by atoms with van der Waals surface area (Å²) in [7, 11) is 2.86. The van der Waals surface area contributed by atoms with Crippen LogP contribution in [0.1, 0.15) is 5.56 Å². The number of aromatic amines is 1. The highest BCUT2D eigenvalue weighted by molar-refractivity contribution is 5.89. The van der Waals surface area contributed by atoms with Gasteiger partial charge in [0.15, 0.2) is 5.65 Å². The summed E-state index contributed by atoms with van der Waals surface area (Å²) < 4.78 is 8.02. The van der Waals surface area contributed by atoms with Gasteiger partial charge in [-0.15, -0.1) is 0 Å². The molecule has 146 valence electrons. The maximum Gasteiger partial charge on any atom is 0.347 e. The predicted octanol–water partition coefficient (Wildman–Crippen LogP) is 1.57. The van der Waals surface area contributed by atoms with Crippen LogP contribution in [0.4, 0.5) is 0 Å². The first-order valence-electron chi connectivity index (χ1n) is 8.93. The summed E-state index contributed by atoms with van der Waals surface area (Å²) in [4.78, 5) is 43.5. The highest BCUT2D eigenvalue weighted by atomic mass is 16.5. The van der Waals surface area contributed by atoms with Gasteiger partial charge in [-0.3, -0.25) is 13.9 Å². The van der Waals surface area contributed by atoms with Crippen molar-refractivity contribution in [2.24, 2.45) is 14.1 Å². The fourth-order valence-corrected chi connectivity index (χ4v) is 3.18. The molecule has 2 heterocycles. The third-order valence-electron chi connectivity index (χ3n) is 4.69. The van der Waals surface area contributed by atoms with Crippen LogP contribution in [0.5, 0.6) is 5.75 Å². The van der Waals surface area contributed by atoms with Crippen molar-refractivity contribution in [1.82, 2.24) is 19.1 Å². The Balaban J connectivity index is 1.84. The van der Waals surface area contributed by atoms with Gasteiger partial charge in [0.2, 0.25) is 0 Å². The Bertz CT molecular complexity index is 1380. The Kier molecular flexibility index (Phi) is 4.59. The van der Waals surface area contributed by atoms with E-state index in [0.717, 1.165) is 10.1 Å². The molecular weight excluding hydrogens is 372 g/mol. The second kappa shape index (κ2) is 7.23. The summed E-state index contributed by atoms with van der Waals surface area (Å²) in [6.45, 7) is 0.383. The topological polar surface area (TPSA) is 99.0 Å². The lowest BCUT2D eigenvalue weighted by atomic mass is 10.1. The van der Waals surface area contributed by atoms with Gasteiger partial charge in [0, 0.05) is 19.7 Å². The lowest BCUT2D eigenvalue weighted by Crippen LogP contribution is -2.38. The molecule has 0 fully saturated rings. The van der Waals surface area contributed by atoms with Crippen LogP contribution in [-0.2, 0) is 20.7 Å². The van der Waals surface area contributed by atoms with Gasteiger partial charge in [-0.25, -0.2) is 9.59 Å². The lowest BCUT2D eigenvalue weighted by Gasteiger charge is -2.11. The highest BCUT2D eigenvalue weighted by Gasteiger charge is 2.17. The smallest absolute Gasteiger partial charge is 0.347 e. The van der Waals surface area contributed by atoms with Gasteiger partial charge < -0.3 is 9.72 Å². The van der Waals surface area contributed by atoms with Crippen molar-refractivity contribution in [2.75, 3.05) is 0 Å². The van der Waals surface area contributed by atoms with E-state index in [-0.39, 0.29) is 11.0 Å². The van der Waals surface area contributed by atoms with Crippen molar-refractivity contribution in [1.29, 1.82) is 0 Å². The minimum absolute atomic E-state index is 0.0347. The van der Waals surface area contributed by atoms with Crippen LogP contribution in [-0.4, -0.2) is 19.1 Å². The molecular formula is C21H18N4O4. The number of nitrogens with one attached hydrogen (secondary N) is 1. The minimum Gasteiger partial charge on any atom is -0.489 e. The summed E-state index contributed by atoms with van der Waals surface area (Å²) in [6, 6.07) is 16.8. The van der Waals surface area contributed by atoms with Crippen LogP contribution >= 0.6 is 0 Å². The average Bonchev–Trinajstić information content (AvgIpc) is 2.75. The molecule has 8 nitrogen and oxygen atoms in total. The normalized spacial score (nSPS) is 11.0. The second-order valence-electron chi connectivity index (χ2n) is 6.62. The van der Waals surface area contributed by atoms with Crippen molar-refractivity contribution in [3.63, 3.8) is 0 Å². The van der Waals surface area contributed by atoms with E-state index in [1.54, 1.807) is 24.3 Å². The molecule has 1 N–H and O–H groups in total. The molecule has 29 heavy (non-hydrogen) atoms. The van der Waals surface area contributed by atoms with Gasteiger partial charge in [-0.2, -0.15) is 4.98 Å².